The van der Waals surface area contributed by atoms with Gasteiger partial charge in [0.2, 0.25) is 0 Å². The van der Waals surface area contributed by atoms with E-state index < -0.39 is 6.10 Å². The summed E-state index contributed by atoms with van der Waals surface area (Å²) in [7, 11) is 0. The van der Waals surface area contributed by atoms with Gasteiger partial charge in [-0.25, -0.2) is 0 Å². The van der Waals surface area contributed by atoms with Crippen LogP contribution in [0, 0.1) is 5.92 Å². The lowest BCUT2D eigenvalue weighted by Gasteiger charge is -2.36. The highest BCUT2D eigenvalue weighted by molar-refractivity contribution is 7.08. The molecule has 0 spiro atoms. The van der Waals surface area contributed by atoms with Crippen LogP contribution in [-0.2, 0) is 0 Å². The quantitative estimate of drug-likeness (QED) is 0.860. The van der Waals surface area contributed by atoms with Crippen molar-refractivity contribution in [3.05, 3.63) is 22.4 Å². The van der Waals surface area contributed by atoms with Gasteiger partial charge in [0.15, 0.2) is 0 Å². The Labute approximate surface area is 128 Å². The first-order chi connectivity index (χ1) is 10.2. The molecule has 1 amide bonds. The van der Waals surface area contributed by atoms with Gasteiger partial charge in [-0.1, -0.05) is 0 Å². The molecule has 2 fully saturated rings. The number of aliphatic hydroxyl groups excluding tert-OH is 2. The highest BCUT2D eigenvalue weighted by atomic mass is 32.1. The number of hydrogen-bond donors (Lipinski definition) is 2. The summed E-state index contributed by atoms with van der Waals surface area (Å²) in [4.78, 5) is 16.4. The van der Waals surface area contributed by atoms with Gasteiger partial charge < -0.3 is 15.1 Å². The SMILES string of the molecule is O=C(c1ccsc1)N1C[C@@H](O)[C@H](N2CCC(CO)CC2)C1. The van der Waals surface area contributed by atoms with Gasteiger partial charge in [-0.2, -0.15) is 11.3 Å². The van der Waals surface area contributed by atoms with Gasteiger partial charge >= 0.3 is 0 Å². The molecule has 116 valence electrons. The fourth-order valence-electron chi connectivity index (χ4n) is 3.33. The maximum absolute atomic E-state index is 12.4. The van der Waals surface area contributed by atoms with Crippen LogP contribution in [0.5, 0.6) is 0 Å². The fourth-order valence-corrected chi connectivity index (χ4v) is 3.96. The van der Waals surface area contributed by atoms with Crippen LogP contribution in [0.2, 0.25) is 0 Å². The second-order valence-electron chi connectivity index (χ2n) is 6.02. The maximum Gasteiger partial charge on any atom is 0.254 e. The molecule has 21 heavy (non-hydrogen) atoms. The molecule has 6 heteroatoms. The number of thiophene rings is 1. The van der Waals surface area contributed by atoms with Crippen molar-refractivity contribution < 1.29 is 15.0 Å². The van der Waals surface area contributed by atoms with Crippen LogP contribution < -0.4 is 0 Å². The fraction of sp³-hybridized carbons (Fsp3) is 0.667. The van der Waals surface area contributed by atoms with E-state index in [0.29, 0.717) is 24.6 Å². The Morgan fingerprint density at radius 1 is 1.33 bits per heavy atom. The molecule has 2 aliphatic heterocycles. The Bertz CT molecular complexity index is 471. The second kappa shape index (κ2) is 6.44. The van der Waals surface area contributed by atoms with Crippen molar-refractivity contribution in [1.82, 2.24) is 9.80 Å². The highest BCUT2D eigenvalue weighted by Crippen LogP contribution is 2.24. The minimum atomic E-state index is -0.474. The third kappa shape index (κ3) is 3.13. The number of carbonyl (C=O) groups excluding carboxylic acids is 1. The van der Waals surface area contributed by atoms with Gasteiger partial charge in [-0.3, -0.25) is 9.69 Å². The number of carbonyl (C=O) groups is 1. The Balaban J connectivity index is 1.60. The Morgan fingerprint density at radius 3 is 2.71 bits per heavy atom. The van der Waals surface area contributed by atoms with Crippen molar-refractivity contribution in [2.75, 3.05) is 32.8 Å². The average molecular weight is 310 g/mol. The van der Waals surface area contributed by atoms with Crippen molar-refractivity contribution in [2.45, 2.75) is 25.0 Å². The molecule has 2 aliphatic rings. The van der Waals surface area contributed by atoms with E-state index in [1.54, 1.807) is 4.90 Å². The van der Waals surface area contributed by atoms with Crippen molar-refractivity contribution in [1.29, 1.82) is 0 Å². The van der Waals surface area contributed by atoms with E-state index in [-0.39, 0.29) is 18.6 Å². The first kappa shape index (κ1) is 15.0. The number of β-amino-alcohol motifs (C(OH)–C–C–N with tert-alkyl or cyclic N) is 1. The molecule has 0 radical (unpaired) electrons. The first-order valence-electron chi connectivity index (χ1n) is 7.53. The molecular weight excluding hydrogens is 288 g/mol. The van der Waals surface area contributed by atoms with Gasteiger partial charge in [0, 0.05) is 25.1 Å². The molecular formula is C15H22N2O3S. The smallest absolute Gasteiger partial charge is 0.254 e. The molecule has 3 heterocycles. The molecule has 2 saturated heterocycles. The molecule has 0 bridgehead atoms. The van der Waals surface area contributed by atoms with E-state index in [2.05, 4.69) is 4.90 Å². The number of piperidine rings is 1. The van der Waals surface area contributed by atoms with E-state index >= 15 is 0 Å². The zero-order chi connectivity index (χ0) is 14.8. The van der Waals surface area contributed by atoms with Crippen LogP contribution in [-0.4, -0.2) is 70.9 Å². The summed E-state index contributed by atoms with van der Waals surface area (Å²) in [6.07, 6.45) is 1.47. The maximum atomic E-state index is 12.4. The Morgan fingerprint density at radius 2 is 2.10 bits per heavy atom. The summed E-state index contributed by atoms with van der Waals surface area (Å²) in [6, 6.07) is 1.87. The van der Waals surface area contributed by atoms with Crippen LogP contribution in [0.25, 0.3) is 0 Å². The number of likely N-dealkylation sites (tertiary alicyclic amines) is 2. The van der Waals surface area contributed by atoms with Crippen molar-refractivity contribution in [2.24, 2.45) is 5.92 Å². The van der Waals surface area contributed by atoms with Crippen molar-refractivity contribution in [3.63, 3.8) is 0 Å². The number of aliphatic hydroxyl groups is 2. The van der Waals surface area contributed by atoms with Crippen LogP contribution in [0.3, 0.4) is 0 Å². The van der Waals surface area contributed by atoms with Crippen molar-refractivity contribution in [3.8, 4) is 0 Å². The summed E-state index contributed by atoms with van der Waals surface area (Å²) in [5.74, 6) is 0.409. The zero-order valence-corrected chi connectivity index (χ0v) is 12.8. The molecule has 0 unspecified atom stereocenters. The Kier molecular flexibility index (Phi) is 4.59. The molecule has 0 aromatic carbocycles. The van der Waals surface area contributed by atoms with E-state index in [9.17, 15) is 15.0 Å². The number of rotatable bonds is 3. The average Bonchev–Trinajstić information content (AvgIpc) is 3.16. The zero-order valence-electron chi connectivity index (χ0n) is 12.0. The molecule has 0 saturated carbocycles. The minimum absolute atomic E-state index is 0.0167. The van der Waals surface area contributed by atoms with Crippen LogP contribution >= 0.6 is 11.3 Å². The molecule has 1 aromatic rings. The lowest BCUT2D eigenvalue weighted by atomic mass is 9.96. The van der Waals surface area contributed by atoms with Gasteiger partial charge in [-0.05, 0) is 43.3 Å². The van der Waals surface area contributed by atoms with Gasteiger partial charge in [0.1, 0.15) is 0 Å². The molecule has 3 rings (SSSR count). The van der Waals surface area contributed by atoms with Crippen LogP contribution in [0.4, 0.5) is 0 Å². The number of amides is 1. The minimum Gasteiger partial charge on any atom is -0.396 e. The standard InChI is InChI=1S/C15H22N2O3S/c18-9-11-1-4-16(5-2-11)13-7-17(8-14(13)19)15(20)12-3-6-21-10-12/h3,6,10-11,13-14,18-19H,1-2,4-5,7-9H2/t13-,14-/m1/s1. The molecule has 1 aromatic heterocycles. The summed E-state index contributed by atoms with van der Waals surface area (Å²) in [5.41, 5.74) is 0.715. The number of hydrogen-bond acceptors (Lipinski definition) is 5. The molecule has 2 atom stereocenters. The molecule has 0 aliphatic carbocycles. The monoisotopic (exact) mass is 310 g/mol. The summed E-state index contributed by atoms with van der Waals surface area (Å²) in [6.45, 7) is 3.06. The lowest BCUT2D eigenvalue weighted by Crippen LogP contribution is -2.47. The lowest BCUT2D eigenvalue weighted by molar-refractivity contribution is 0.0487. The van der Waals surface area contributed by atoms with Gasteiger partial charge in [0.25, 0.3) is 5.91 Å². The predicted octanol–water partition coefficient (Wildman–Crippen LogP) is 0.638. The van der Waals surface area contributed by atoms with E-state index in [0.717, 1.165) is 25.9 Å². The molecule has 2 N–H and O–H groups in total. The van der Waals surface area contributed by atoms with E-state index in [4.69, 9.17) is 0 Å². The topological polar surface area (TPSA) is 64.0 Å². The normalized spacial score (nSPS) is 28.2. The van der Waals surface area contributed by atoms with Crippen molar-refractivity contribution >= 4 is 17.2 Å². The highest BCUT2D eigenvalue weighted by Gasteiger charge is 2.38. The van der Waals surface area contributed by atoms with Crippen LogP contribution in [0.15, 0.2) is 16.8 Å². The van der Waals surface area contributed by atoms with Gasteiger partial charge in [-0.15, -0.1) is 0 Å². The molecule has 5 nitrogen and oxygen atoms in total. The second-order valence-corrected chi connectivity index (χ2v) is 6.80. The van der Waals surface area contributed by atoms with Gasteiger partial charge in [0.05, 0.1) is 17.7 Å². The predicted molar refractivity (Wildman–Crippen MR) is 81.4 cm³/mol. The first-order valence-corrected chi connectivity index (χ1v) is 8.47. The summed E-state index contributed by atoms with van der Waals surface area (Å²) < 4.78 is 0. The third-order valence-corrected chi connectivity index (χ3v) is 5.37. The summed E-state index contributed by atoms with van der Waals surface area (Å²) in [5, 5.41) is 23.2. The number of nitrogens with zero attached hydrogens (tertiary/aromatic N) is 2. The van der Waals surface area contributed by atoms with E-state index in [1.807, 2.05) is 16.8 Å². The Hall–Kier alpha value is -0.950. The van der Waals surface area contributed by atoms with E-state index in [1.165, 1.54) is 11.3 Å². The largest absolute Gasteiger partial charge is 0.396 e. The third-order valence-electron chi connectivity index (χ3n) is 4.69. The van der Waals surface area contributed by atoms with Crippen LogP contribution in [0.1, 0.15) is 23.2 Å². The summed E-state index contributed by atoms with van der Waals surface area (Å²) >= 11 is 1.51.